The number of ether oxygens (including phenoxy) is 2. The Hall–Kier alpha value is -0.410. The van der Waals surface area contributed by atoms with Crippen molar-refractivity contribution < 1.29 is 9.47 Å². The molecule has 86 valence electrons. The fourth-order valence-corrected chi connectivity index (χ4v) is 2.18. The molecule has 0 saturated carbocycles. The molecule has 15 heavy (non-hydrogen) atoms. The zero-order chi connectivity index (χ0) is 10.3. The van der Waals surface area contributed by atoms with Crippen LogP contribution in [-0.4, -0.2) is 31.8 Å². The number of hydrogen-bond acceptors (Lipinski definition) is 3. The molecule has 0 N–H and O–H groups in total. The van der Waals surface area contributed by atoms with Crippen molar-refractivity contribution in [3.8, 4) is 0 Å². The van der Waals surface area contributed by atoms with Crippen molar-refractivity contribution in [1.82, 2.24) is 0 Å². The Kier molecular flexibility index (Phi) is 4.61. The molecule has 2 rings (SSSR count). The smallest absolute Gasteiger partial charge is 0.157 e. The standard InChI is InChI=1S/C12H21NO2/c1-2-5-11(13-8-3-1)6-4-7-12-14-9-10-15-12/h12H,1-10H2. The molecule has 0 aromatic rings. The molecule has 0 unspecified atom stereocenters. The molecule has 0 spiro atoms. The summed E-state index contributed by atoms with van der Waals surface area (Å²) >= 11 is 0. The Morgan fingerprint density at radius 1 is 1.13 bits per heavy atom. The fraction of sp³-hybridized carbons (Fsp3) is 0.917. The highest BCUT2D eigenvalue weighted by Gasteiger charge is 2.15. The molecule has 2 aliphatic heterocycles. The van der Waals surface area contributed by atoms with Gasteiger partial charge in [-0.15, -0.1) is 0 Å². The first-order valence-corrected chi connectivity index (χ1v) is 6.20. The predicted molar refractivity (Wildman–Crippen MR) is 60.3 cm³/mol. The Morgan fingerprint density at radius 3 is 2.87 bits per heavy atom. The third-order valence-corrected chi connectivity index (χ3v) is 3.05. The Morgan fingerprint density at radius 2 is 2.00 bits per heavy atom. The third kappa shape index (κ3) is 3.92. The van der Waals surface area contributed by atoms with Crippen LogP contribution in [0.4, 0.5) is 0 Å². The van der Waals surface area contributed by atoms with Crippen LogP contribution in [0.15, 0.2) is 4.99 Å². The lowest BCUT2D eigenvalue weighted by atomic mass is 10.1. The number of aliphatic imine (C=N–C) groups is 1. The van der Waals surface area contributed by atoms with Gasteiger partial charge in [-0.1, -0.05) is 6.42 Å². The maximum Gasteiger partial charge on any atom is 0.157 e. The molecule has 3 heteroatoms. The van der Waals surface area contributed by atoms with E-state index in [0.717, 1.165) is 39.0 Å². The van der Waals surface area contributed by atoms with E-state index in [1.54, 1.807) is 0 Å². The van der Waals surface area contributed by atoms with E-state index in [4.69, 9.17) is 9.47 Å². The zero-order valence-corrected chi connectivity index (χ0v) is 9.41. The predicted octanol–water partition coefficient (Wildman–Crippen LogP) is 2.54. The van der Waals surface area contributed by atoms with Crippen molar-refractivity contribution in [2.75, 3.05) is 19.8 Å². The van der Waals surface area contributed by atoms with Crippen LogP contribution in [0.2, 0.25) is 0 Å². The number of nitrogens with zero attached hydrogens (tertiary/aromatic N) is 1. The van der Waals surface area contributed by atoms with Gasteiger partial charge in [-0.25, -0.2) is 0 Å². The lowest BCUT2D eigenvalue weighted by Gasteiger charge is -2.09. The maximum atomic E-state index is 5.40. The van der Waals surface area contributed by atoms with Crippen molar-refractivity contribution in [3.63, 3.8) is 0 Å². The van der Waals surface area contributed by atoms with Gasteiger partial charge in [-0.05, 0) is 38.5 Å². The van der Waals surface area contributed by atoms with Crippen LogP contribution < -0.4 is 0 Å². The minimum atomic E-state index is 0.0661. The highest BCUT2D eigenvalue weighted by molar-refractivity contribution is 5.84. The van der Waals surface area contributed by atoms with E-state index >= 15 is 0 Å². The van der Waals surface area contributed by atoms with Gasteiger partial charge < -0.3 is 9.47 Å². The molecular weight excluding hydrogens is 190 g/mol. The van der Waals surface area contributed by atoms with E-state index in [9.17, 15) is 0 Å². The largest absolute Gasteiger partial charge is 0.350 e. The summed E-state index contributed by atoms with van der Waals surface area (Å²) in [5.41, 5.74) is 1.42. The van der Waals surface area contributed by atoms with Gasteiger partial charge >= 0.3 is 0 Å². The van der Waals surface area contributed by atoms with Crippen LogP contribution in [-0.2, 0) is 9.47 Å². The molecule has 0 aromatic heterocycles. The van der Waals surface area contributed by atoms with E-state index < -0.39 is 0 Å². The third-order valence-electron chi connectivity index (χ3n) is 3.05. The molecule has 1 fully saturated rings. The van der Waals surface area contributed by atoms with Crippen LogP contribution >= 0.6 is 0 Å². The summed E-state index contributed by atoms with van der Waals surface area (Å²) in [6.07, 6.45) is 8.56. The second-order valence-electron chi connectivity index (χ2n) is 4.32. The normalized spacial score (nSPS) is 23.9. The lowest BCUT2D eigenvalue weighted by molar-refractivity contribution is -0.0473. The second kappa shape index (κ2) is 6.23. The van der Waals surface area contributed by atoms with Gasteiger partial charge in [0, 0.05) is 12.3 Å². The minimum absolute atomic E-state index is 0.0661. The van der Waals surface area contributed by atoms with Crippen LogP contribution in [0, 0.1) is 0 Å². The van der Waals surface area contributed by atoms with Crippen LogP contribution in [0.1, 0.15) is 44.9 Å². The molecule has 0 aliphatic carbocycles. The molecular formula is C12H21NO2. The Labute approximate surface area is 91.9 Å². The van der Waals surface area contributed by atoms with Gasteiger partial charge in [-0.2, -0.15) is 0 Å². The van der Waals surface area contributed by atoms with Crippen LogP contribution in [0.3, 0.4) is 0 Å². The average molecular weight is 211 g/mol. The Bertz CT molecular complexity index is 210. The molecule has 0 atom stereocenters. The minimum Gasteiger partial charge on any atom is -0.350 e. The summed E-state index contributed by atoms with van der Waals surface area (Å²) in [6, 6.07) is 0. The first-order chi connectivity index (χ1) is 7.45. The average Bonchev–Trinajstić information content (AvgIpc) is 2.62. The highest BCUT2D eigenvalue weighted by atomic mass is 16.7. The van der Waals surface area contributed by atoms with Gasteiger partial charge in [0.05, 0.1) is 13.2 Å². The van der Waals surface area contributed by atoms with E-state index in [1.807, 2.05) is 0 Å². The number of rotatable bonds is 4. The highest BCUT2D eigenvalue weighted by Crippen LogP contribution is 2.15. The zero-order valence-electron chi connectivity index (χ0n) is 9.41. The summed E-state index contributed by atoms with van der Waals surface area (Å²) in [5, 5.41) is 0. The molecule has 0 bridgehead atoms. The topological polar surface area (TPSA) is 30.8 Å². The summed E-state index contributed by atoms with van der Waals surface area (Å²) in [5.74, 6) is 0. The van der Waals surface area contributed by atoms with Gasteiger partial charge in [0.1, 0.15) is 0 Å². The van der Waals surface area contributed by atoms with E-state index in [0.29, 0.717) is 0 Å². The fourth-order valence-electron chi connectivity index (χ4n) is 2.18. The maximum absolute atomic E-state index is 5.40. The molecule has 3 nitrogen and oxygen atoms in total. The SMILES string of the molecule is C1CCN=C(CCCC2OCCO2)CC1. The van der Waals surface area contributed by atoms with Crippen molar-refractivity contribution in [3.05, 3.63) is 0 Å². The van der Waals surface area contributed by atoms with Gasteiger partial charge in [0.2, 0.25) is 0 Å². The van der Waals surface area contributed by atoms with Crippen molar-refractivity contribution in [1.29, 1.82) is 0 Å². The first kappa shape index (κ1) is 11.1. The second-order valence-corrected chi connectivity index (χ2v) is 4.32. The first-order valence-electron chi connectivity index (χ1n) is 6.20. The van der Waals surface area contributed by atoms with Gasteiger partial charge in [-0.3, -0.25) is 4.99 Å². The lowest BCUT2D eigenvalue weighted by Crippen LogP contribution is -2.08. The summed E-state index contributed by atoms with van der Waals surface area (Å²) in [4.78, 5) is 4.62. The van der Waals surface area contributed by atoms with E-state index in [2.05, 4.69) is 4.99 Å². The van der Waals surface area contributed by atoms with Crippen LogP contribution in [0.25, 0.3) is 0 Å². The van der Waals surface area contributed by atoms with Gasteiger partial charge in [0.25, 0.3) is 0 Å². The van der Waals surface area contributed by atoms with Crippen molar-refractivity contribution >= 4 is 5.71 Å². The molecule has 1 saturated heterocycles. The van der Waals surface area contributed by atoms with Crippen LogP contribution in [0.5, 0.6) is 0 Å². The molecule has 0 radical (unpaired) electrons. The van der Waals surface area contributed by atoms with E-state index in [1.165, 1.54) is 31.4 Å². The molecule has 0 amide bonds. The van der Waals surface area contributed by atoms with E-state index in [-0.39, 0.29) is 6.29 Å². The monoisotopic (exact) mass is 211 g/mol. The van der Waals surface area contributed by atoms with Crippen molar-refractivity contribution in [2.45, 2.75) is 51.2 Å². The van der Waals surface area contributed by atoms with Crippen molar-refractivity contribution in [2.24, 2.45) is 4.99 Å². The molecule has 0 aromatic carbocycles. The summed E-state index contributed by atoms with van der Waals surface area (Å²) < 4.78 is 10.8. The van der Waals surface area contributed by atoms with Gasteiger partial charge in [0.15, 0.2) is 6.29 Å². The quantitative estimate of drug-likeness (QED) is 0.715. The molecule has 2 heterocycles. The Balaban J connectivity index is 1.61. The summed E-state index contributed by atoms with van der Waals surface area (Å²) in [6.45, 7) is 2.59. The summed E-state index contributed by atoms with van der Waals surface area (Å²) in [7, 11) is 0. The number of hydrogen-bond donors (Lipinski definition) is 0. The molecule has 2 aliphatic rings.